The van der Waals surface area contributed by atoms with E-state index in [1.807, 2.05) is 43.3 Å². The summed E-state index contributed by atoms with van der Waals surface area (Å²) in [6.45, 7) is 0.532. The lowest BCUT2D eigenvalue weighted by molar-refractivity contribution is -0.142. The first-order valence-electron chi connectivity index (χ1n) is 8.38. The normalized spacial score (nSPS) is 20.3. The first-order chi connectivity index (χ1) is 11.4. The Labute approximate surface area is 143 Å². The Morgan fingerprint density at radius 1 is 1.12 bits per heavy atom. The molecule has 0 bridgehead atoms. The van der Waals surface area contributed by atoms with Crippen LogP contribution in [0.3, 0.4) is 0 Å². The maximum atomic E-state index is 12.4. The molecule has 6 nitrogen and oxygen atoms in total. The molecule has 0 unspecified atom stereocenters. The van der Waals surface area contributed by atoms with Crippen LogP contribution < -0.4 is 10.2 Å². The summed E-state index contributed by atoms with van der Waals surface area (Å²) in [5.41, 5.74) is 2.19. The van der Waals surface area contributed by atoms with Gasteiger partial charge >= 0.3 is 12.0 Å². The van der Waals surface area contributed by atoms with Crippen molar-refractivity contribution in [1.82, 2.24) is 10.2 Å². The predicted octanol–water partition coefficient (Wildman–Crippen LogP) is 2.54. The first kappa shape index (κ1) is 18.1. The van der Waals surface area contributed by atoms with Gasteiger partial charge < -0.3 is 20.2 Å². The molecule has 0 spiro atoms. The summed E-state index contributed by atoms with van der Waals surface area (Å²) in [5.74, 6) is -0.986. The number of urea groups is 1. The molecular weight excluding hydrogens is 306 g/mol. The molecule has 2 amide bonds. The maximum absolute atomic E-state index is 12.4. The van der Waals surface area contributed by atoms with Gasteiger partial charge in [0.05, 0.1) is 5.92 Å². The van der Waals surface area contributed by atoms with Crippen LogP contribution in [0.15, 0.2) is 24.3 Å². The molecule has 2 rings (SSSR count). The topological polar surface area (TPSA) is 72.9 Å². The van der Waals surface area contributed by atoms with Crippen LogP contribution in [-0.4, -0.2) is 49.2 Å². The third-order valence-electron chi connectivity index (χ3n) is 4.63. The molecule has 2 N–H and O–H groups in total. The average Bonchev–Trinajstić information content (AvgIpc) is 2.55. The molecule has 0 radical (unpaired) electrons. The van der Waals surface area contributed by atoms with Gasteiger partial charge in [0.2, 0.25) is 0 Å². The fourth-order valence-corrected chi connectivity index (χ4v) is 3.18. The number of carboxylic acid groups (broad SMARTS) is 1. The smallest absolute Gasteiger partial charge is 0.317 e. The van der Waals surface area contributed by atoms with Crippen molar-refractivity contribution in [3.05, 3.63) is 29.8 Å². The third kappa shape index (κ3) is 4.63. The molecule has 1 aromatic carbocycles. The number of benzene rings is 1. The van der Waals surface area contributed by atoms with Crippen molar-refractivity contribution in [2.24, 2.45) is 5.92 Å². The van der Waals surface area contributed by atoms with E-state index < -0.39 is 5.97 Å². The van der Waals surface area contributed by atoms with Crippen LogP contribution in [0.2, 0.25) is 0 Å². The van der Waals surface area contributed by atoms with E-state index in [1.165, 1.54) is 0 Å². The van der Waals surface area contributed by atoms with E-state index in [9.17, 15) is 9.59 Å². The molecule has 132 valence electrons. The van der Waals surface area contributed by atoms with Crippen LogP contribution in [0.25, 0.3) is 0 Å². The van der Waals surface area contributed by atoms with Gasteiger partial charge in [-0.3, -0.25) is 4.79 Å². The largest absolute Gasteiger partial charge is 0.481 e. The molecule has 1 fully saturated rings. The lowest BCUT2D eigenvalue weighted by atomic mass is 9.86. The van der Waals surface area contributed by atoms with Gasteiger partial charge in [-0.25, -0.2) is 4.79 Å². The average molecular weight is 333 g/mol. The summed E-state index contributed by atoms with van der Waals surface area (Å²) >= 11 is 0. The number of nitrogens with zero attached hydrogens (tertiary/aromatic N) is 2. The Kier molecular flexibility index (Phi) is 6.06. The molecular formula is C18H27N3O3. The van der Waals surface area contributed by atoms with Crippen molar-refractivity contribution >= 4 is 17.7 Å². The number of para-hydroxylation sites is 1. The summed E-state index contributed by atoms with van der Waals surface area (Å²) in [7, 11) is 5.75. The number of carboxylic acids is 1. The van der Waals surface area contributed by atoms with Crippen molar-refractivity contribution in [2.45, 2.75) is 38.3 Å². The predicted molar refractivity (Wildman–Crippen MR) is 94.1 cm³/mol. The zero-order valence-corrected chi connectivity index (χ0v) is 14.7. The zero-order valence-electron chi connectivity index (χ0n) is 14.7. The number of aliphatic carboxylic acids is 1. The fraction of sp³-hybridized carbons (Fsp3) is 0.556. The number of hydrogen-bond acceptors (Lipinski definition) is 3. The van der Waals surface area contributed by atoms with Crippen LogP contribution in [0.5, 0.6) is 0 Å². The van der Waals surface area contributed by atoms with Gasteiger partial charge in [0.25, 0.3) is 0 Å². The summed E-state index contributed by atoms with van der Waals surface area (Å²) in [4.78, 5) is 27.1. The van der Waals surface area contributed by atoms with E-state index in [4.69, 9.17) is 5.11 Å². The van der Waals surface area contributed by atoms with E-state index in [-0.39, 0.29) is 18.0 Å². The van der Waals surface area contributed by atoms with Gasteiger partial charge in [-0.2, -0.15) is 0 Å². The number of nitrogens with one attached hydrogen (secondary N) is 1. The summed E-state index contributed by atoms with van der Waals surface area (Å²) in [5, 5.41) is 12.1. The lowest BCUT2D eigenvalue weighted by Gasteiger charge is -2.29. The zero-order chi connectivity index (χ0) is 17.7. The molecule has 0 saturated heterocycles. The highest BCUT2D eigenvalue weighted by atomic mass is 16.4. The van der Waals surface area contributed by atoms with Crippen molar-refractivity contribution in [3.8, 4) is 0 Å². The summed E-state index contributed by atoms with van der Waals surface area (Å²) in [6, 6.07) is 7.98. The second-order valence-electron chi connectivity index (χ2n) is 6.72. The minimum atomic E-state index is -0.725. The Bertz CT molecular complexity index is 581. The molecule has 0 aliphatic heterocycles. The SMILES string of the molecule is CN(Cc1ccccc1N(C)C)C(=O)NC1CCC(C(=O)O)CC1. The van der Waals surface area contributed by atoms with Crippen molar-refractivity contribution in [1.29, 1.82) is 0 Å². The van der Waals surface area contributed by atoms with Gasteiger partial charge in [-0.1, -0.05) is 18.2 Å². The van der Waals surface area contributed by atoms with Gasteiger partial charge in [0.1, 0.15) is 0 Å². The highest BCUT2D eigenvalue weighted by Crippen LogP contribution is 2.25. The van der Waals surface area contributed by atoms with Crippen LogP contribution in [0.1, 0.15) is 31.2 Å². The molecule has 1 aromatic rings. The summed E-state index contributed by atoms with van der Waals surface area (Å²) < 4.78 is 0. The van der Waals surface area contributed by atoms with Crippen molar-refractivity contribution < 1.29 is 14.7 Å². The van der Waals surface area contributed by atoms with E-state index in [0.29, 0.717) is 19.4 Å². The molecule has 0 aromatic heterocycles. The van der Waals surface area contributed by atoms with Gasteiger partial charge in [0, 0.05) is 39.4 Å². The number of rotatable bonds is 5. The Morgan fingerprint density at radius 3 is 2.33 bits per heavy atom. The van der Waals surface area contributed by atoms with Crippen LogP contribution in [0.4, 0.5) is 10.5 Å². The molecule has 1 saturated carbocycles. The highest BCUT2D eigenvalue weighted by Gasteiger charge is 2.27. The molecule has 0 atom stereocenters. The van der Waals surface area contributed by atoms with Crippen LogP contribution >= 0.6 is 0 Å². The molecule has 1 aliphatic rings. The van der Waals surface area contributed by atoms with E-state index in [2.05, 4.69) is 5.32 Å². The van der Waals surface area contributed by atoms with Crippen LogP contribution in [-0.2, 0) is 11.3 Å². The second-order valence-corrected chi connectivity index (χ2v) is 6.72. The number of carbonyl (C=O) groups excluding carboxylic acids is 1. The summed E-state index contributed by atoms with van der Waals surface area (Å²) in [6.07, 6.45) is 2.72. The molecule has 24 heavy (non-hydrogen) atoms. The minimum absolute atomic E-state index is 0.0691. The maximum Gasteiger partial charge on any atom is 0.317 e. The second kappa shape index (κ2) is 8.04. The molecule has 0 heterocycles. The number of amides is 2. The Balaban J connectivity index is 1.88. The monoisotopic (exact) mass is 333 g/mol. The lowest BCUT2D eigenvalue weighted by Crippen LogP contribution is -2.44. The fourth-order valence-electron chi connectivity index (χ4n) is 3.18. The van der Waals surface area contributed by atoms with Gasteiger partial charge in [0.15, 0.2) is 0 Å². The number of anilines is 1. The Morgan fingerprint density at radius 2 is 1.75 bits per heavy atom. The van der Waals surface area contributed by atoms with Gasteiger partial charge in [-0.15, -0.1) is 0 Å². The van der Waals surface area contributed by atoms with Crippen LogP contribution in [0, 0.1) is 5.92 Å². The van der Waals surface area contributed by atoms with Crippen molar-refractivity contribution in [2.75, 3.05) is 26.0 Å². The Hall–Kier alpha value is -2.24. The minimum Gasteiger partial charge on any atom is -0.481 e. The first-order valence-corrected chi connectivity index (χ1v) is 8.38. The third-order valence-corrected chi connectivity index (χ3v) is 4.63. The molecule has 6 heteroatoms. The van der Waals surface area contributed by atoms with E-state index >= 15 is 0 Å². The number of hydrogen-bond donors (Lipinski definition) is 2. The molecule has 1 aliphatic carbocycles. The van der Waals surface area contributed by atoms with E-state index in [0.717, 1.165) is 24.1 Å². The quantitative estimate of drug-likeness (QED) is 0.868. The highest BCUT2D eigenvalue weighted by molar-refractivity contribution is 5.74. The standard InChI is InChI=1S/C18H27N3O3/c1-20(2)16-7-5-4-6-14(16)12-21(3)18(24)19-15-10-8-13(9-11-15)17(22)23/h4-7,13,15H,8-12H2,1-3H3,(H,19,24)(H,22,23). The number of carbonyl (C=O) groups is 2. The van der Waals surface area contributed by atoms with E-state index in [1.54, 1.807) is 11.9 Å². The van der Waals surface area contributed by atoms with Crippen molar-refractivity contribution in [3.63, 3.8) is 0 Å². The van der Waals surface area contributed by atoms with Gasteiger partial charge in [-0.05, 0) is 37.3 Å².